The molecule has 0 aromatic heterocycles. The highest BCUT2D eigenvalue weighted by Crippen LogP contribution is 2.29. The van der Waals surface area contributed by atoms with Crippen molar-refractivity contribution in [2.24, 2.45) is 16.3 Å². The van der Waals surface area contributed by atoms with Crippen LogP contribution in [0.15, 0.2) is 5.10 Å². The van der Waals surface area contributed by atoms with Crippen LogP contribution < -0.4 is 11.1 Å². The summed E-state index contributed by atoms with van der Waals surface area (Å²) in [6.07, 6.45) is 0. The van der Waals surface area contributed by atoms with Gasteiger partial charge in [-0.2, -0.15) is 5.10 Å². The molecule has 2 aliphatic heterocycles. The Kier molecular flexibility index (Phi) is 1.76. The van der Waals surface area contributed by atoms with Gasteiger partial charge in [0, 0.05) is 25.0 Å². The third-order valence-corrected chi connectivity index (χ3v) is 2.64. The molecule has 0 radical (unpaired) electrons. The lowest BCUT2D eigenvalue weighted by Gasteiger charge is -2.20. The van der Waals surface area contributed by atoms with E-state index in [9.17, 15) is 4.79 Å². The molecule has 1 unspecified atom stereocenters. The van der Waals surface area contributed by atoms with Gasteiger partial charge in [0.15, 0.2) is 0 Å². The summed E-state index contributed by atoms with van der Waals surface area (Å²) in [7, 11) is 0. The van der Waals surface area contributed by atoms with E-state index in [4.69, 9.17) is 5.73 Å². The predicted molar refractivity (Wildman–Crippen MR) is 49.2 cm³/mol. The first kappa shape index (κ1) is 8.50. The van der Waals surface area contributed by atoms with Gasteiger partial charge in [0.2, 0.25) is 5.91 Å². The minimum Gasteiger partial charge on any atom is -0.368 e. The van der Waals surface area contributed by atoms with Gasteiger partial charge in [-0.15, -0.1) is 0 Å². The molecule has 0 spiro atoms. The van der Waals surface area contributed by atoms with E-state index < -0.39 is 0 Å². The second-order valence-electron chi connectivity index (χ2n) is 4.00. The molecule has 0 aliphatic carbocycles. The highest BCUT2D eigenvalue weighted by atomic mass is 16.1. The van der Waals surface area contributed by atoms with Crippen molar-refractivity contribution in [2.45, 2.75) is 6.92 Å². The molecule has 3 N–H and O–H groups in total. The van der Waals surface area contributed by atoms with Gasteiger partial charge in [-0.25, -0.2) is 0 Å². The Labute approximate surface area is 77.0 Å². The zero-order valence-corrected chi connectivity index (χ0v) is 7.71. The Morgan fingerprint density at radius 1 is 1.85 bits per heavy atom. The standard InChI is InChI=1S/C8H14N4O/c1-8-4-10-2-6(8)11-12(5-8)3-7(9)13/h10H,2-5H2,1H3,(H2,9,13). The van der Waals surface area contributed by atoms with Crippen LogP contribution in [0.4, 0.5) is 0 Å². The quantitative estimate of drug-likeness (QED) is 0.560. The number of nitrogens with zero attached hydrogens (tertiary/aromatic N) is 2. The maximum Gasteiger partial charge on any atom is 0.238 e. The van der Waals surface area contributed by atoms with Crippen LogP contribution >= 0.6 is 0 Å². The molecule has 1 atom stereocenters. The summed E-state index contributed by atoms with van der Waals surface area (Å²) in [5, 5.41) is 9.38. The molecular weight excluding hydrogens is 168 g/mol. The first-order valence-electron chi connectivity index (χ1n) is 4.42. The van der Waals surface area contributed by atoms with Crippen LogP contribution in [-0.4, -0.2) is 42.8 Å². The number of hydrazone groups is 1. The number of amides is 1. The van der Waals surface area contributed by atoms with Gasteiger partial charge in [0.05, 0.1) is 5.71 Å². The minimum atomic E-state index is -0.319. The van der Waals surface area contributed by atoms with Gasteiger partial charge in [0.1, 0.15) is 6.54 Å². The molecule has 13 heavy (non-hydrogen) atoms. The Hall–Kier alpha value is -1.10. The van der Waals surface area contributed by atoms with Gasteiger partial charge >= 0.3 is 0 Å². The molecule has 5 heteroatoms. The van der Waals surface area contributed by atoms with E-state index in [1.165, 1.54) is 0 Å². The summed E-state index contributed by atoms with van der Waals surface area (Å²) in [5.41, 5.74) is 6.37. The SMILES string of the molecule is CC12CNCC1=NN(CC(N)=O)C2. The highest BCUT2D eigenvalue weighted by molar-refractivity contribution is 5.95. The van der Waals surface area contributed by atoms with Crippen molar-refractivity contribution in [1.29, 1.82) is 0 Å². The zero-order valence-electron chi connectivity index (χ0n) is 7.71. The van der Waals surface area contributed by atoms with Crippen molar-refractivity contribution in [3.63, 3.8) is 0 Å². The fourth-order valence-electron chi connectivity index (χ4n) is 1.96. The van der Waals surface area contributed by atoms with Crippen LogP contribution in [0.25, 0.3) is 0 Å². The van der Waals surface area contributed by atoms with Crippen molar-refractivity contribution in [1.82, 2.24) is 10.3 Å². The second kappa shape index (κ2) is 2.70. The van der Waals surface area contributed by atoms with Crippen molar-refractivity contribution >= 4 is 11.6 Å². The summed E-state index contributed by atoms with van der Waals surface area (Å²) in [4.78, 5) is 10.7. The maximum absolute atomic E-state index is 10.7. The van der Waals surface area contributed by atoms with Crippen LogP contribution in [0.2, 0.25) is 0 Å². The fraction of sp³-hybridized carbons (Fsp3) is 0.750. The molecule has 2 heterocycles. The Balaban J connectivity index is 2.07. The molecule has 2 aliphatic rings. The number of carbonyl (C=O) groups excluding carboxylic acids is 1. The molecule has 1 saturated heterocycles. The van der Waals surface area contributed by atoms with Gasteiger partial charge < -0.3 is 11.1 Å². The lowest BCUT2D eigenvalue weighted by Crippen LogP contribution is -2.35. The first-order valence-corrected chi connectivity index (χ1v) is 4.42. The second-order valence-corrected chi connectivity index (χ2v) is 4.00. The van der Waals surface area contributed by atoms with E-state index in [0.29, 0.717) is 0 Å². The van der Waals surface area contributed by atoms with Crippen molar-refractivity contribution < 1.29 is 4.79 Å². The van der Waals surface area contributed by atoms with Crippen LogP contribution in [0.1, 0.15) is 6.92 Å². The average molecular weight is 182 g/mol. The number of nitrogens with one attached hydrogen (secondary N) is 1. The predicted octanol–water partition coefficient (Wildman–Crippen LogP) is -1.25. The van der Waals surface area contributed by atoms with E-state index >= 15 is 0 Å². The average Bonchev–Trinajstić information content (AvgIpc) is 2.40. The maximum atomic E-state index is 10.7. The zero-order chi connectivity index (χ0) is 9.47. The number of fused-ring (bicyclic) bond motifs is 1. The molecule has 2 rings (SSSR count). The van der Waals surface area contributed by atoms with Gasteiger partial charge in [0.25, 0.3) is 0 Å². The molecule has 0 aromatic carbocycles. The minimum absolute atomic E-state index is 0.120. The van der Waals surface area contributed by atoms with Gasteiger partial charge in [-0.05, 0) is 0 Å². The van der Waals surface area contributed by atoms with Crippen LogP contribution in [0.5, 0.6) is 0 Å². The molecule has 72 valence electrons. The number of nitrogens with two attached hydrogens (primary N) is 1. The summed E-state index contributed by atoms with van der Waals surface area (Å²) < 4.78 is 0. The smallest absolute Gasteiger partial charge is 0.238 e. The topological polar surface area (TPSA) is 70.7 Å². The van der Waals surface area contributed by atoms with E-state index in [0.717, 1.165) is 25.3 Å². The molecule has 0 bridgehead atoms. The number of primary amides is 1. The molecule has 0 aromatic rings. The number of hydrogen-bond acceptors (Lipinski definition) is 4. The molecule has 1 amide bonds. The van der Waals surface area contributed by atoms with Gasteiger partial charge in [-0.1, -0.05) is 6.92 Å². The summed E-state index contributed by atoms with van der Waals surface area (Å²) in [6, 6.07) is 0. The fourth-order valence-corrected chi connectivity index (χ4v) is 1.96. The monoisotopic (exact) mass is 182 g/mol. The van der Waals surface area contributed by atoms with Crippen molar-refractivity contribution in [3.8, 4) is 0 Å². The highest BCUT2D eigenvalue weighted by Gasteiger charge is 2.41. The van der Waals surface area contributed by atoms with Crippen LogP contribution in [0, 0.1) is 5.41 Å². The molecule has 0 saturated carbocycles. The van der Waals surface area contributed by atoms with Crippen molar-refractivity contribution in [3.05, 3.63) is 0 Å². The van der Waals surface area contributed by atoms with E-state index in [2.05, 4.69) is 17.3 Å². The molecular formula is C8H14N4O. The number of rotatable bonds is 2. The third kappa shape index (κ3) is 1.39. The van der Waals surface area contributed by atoms with E-state index in [1.54, 1.807) is 5.01 Å². The first-order chi connectivity index (χ1) is 6.10. The van der Waals surface area contributed by atoms with E-state index in [1.807, 2.05) is 0 Å². The third-order valence-electron chi connectivity index (χ3n) is 2.64. The Morgan fingerprint density at radius 3 is 3.23 bits per heavy atom. The summed E-state index contributed by atoms with van der Waals surface area (Å²) >= 11 is 0. The molecule has 5 nitrogen and oxygen atoms in total. The van der Waals surface area contributed by atoms with Crippen molar-refractivity contribution in [2.75, 3.05) is 26.2 Å². The number of hydrogen-bond donors (Lipinski definition) is 2. The Bertz CT molecular complexity index is 275. The van der Waals surface area contributed by atoms with Crippen LogP contribution in [0.3, 0.4) is 0 Å². The number of carbonyl (C=O) groups is 1. The molecule has 1 fully saturated rings. The normalized spacial score (nSPS) is 31.8. The largest absolute Gasteiger partial charge is 0.368 e. The van der Waals surface area contributed by atoms with Gasteiger partial charge in [-0.3, -0.25) is 9.80 Å². The summed E-state index contributed by atoms with van der Waals surface area (Å²) in [5.74, 6) is -0.319. The lowest BCUT2D eigenvalue weighted by atomic mass is 9.89. The van der Waals surface area contributed by atoms with Crippen LogP contribution in [-0.2, 0) is 4.79 Å². The van der Waals surface area contributed by atoms with E-state index in [-0.39, 0.29) is 17.9 Å². The Morgan fingerprint density at radius 2 is 2.62 bits per heavy atom. The lowest BCUT2D eigenvalue weighted by molar-refractivity contribution is -0.119. The summed E-state index contributed by atoms with van der Waals surface area (Å²) in [6.45, 7) is 4.98.